The zero-order valence-corrected chi connectivity index (χ0v) is 18.0. The minimum absolute atomic E-state index is 0.0626. The van der Waals surface area contributed by atoms with Crippen LogP contribution in [-0.2, 0) is 6.54 Å². The molecule has 4 rings (SSSR count). The van der Waals surface area contributed by atoms with E-state index in [1.54, 1.807) is 16.6 Å². The number of phenolic OH excluding ortho intramolecular Hbond substituents is 1. The van der Waals surface area contributed by atoms with Gasteiger partial charge in [-0.3, -0.25) is 0 Å². The van der Waals surface area contributed by atoms with Crippen LogP contribution in [-0.4, -0.2) is 60.3 Å². The molecule has 11 nitrogen and oxygen atoms in total. The monoisotopic (exact) mass is 444 g/mol. The van der Waals surface area contributed by atoms with Gasteiger partial charge in [0.2, 0.25) is 5.95 Å². The van der Waals surface area contributed by atoms with Crippen LogP contribution in [0.1, 0.15) is 43.7 Å². The van der Waals surface area contributed by atoms with Crippen molar-refractivity contribution in [3.8, 4) is 11.8 Å². The summed E-state index contributed by atoms with van der Waals surface area (Å²) in [5.41, 5.74) is 2.56. The number of aromatic hydroxyl groups is 1. The molecule has 1 fully saturated rings. The van der Waals surface area contributed by atoms with E-state index < -0.39 is 6.16 Å². The maximum atomic E-state index is 10.0. The van der Waals surface area contributed by atoms with Crippen LogP contribution in [0.4, 0.5) is 10.7 Å². The van der Waals surface area contributed by atoms with E-state index in [0.717, 1.165) is 42.7 Å². The van der Waals surface area contributed by atoms with Gasteiger partial charge in [-0.1, -0.05) is 32.0 Å². The number of benzene rings is 1. The summed E-state index contributed by atoms with van der Waals surface area (Å²) in [4.78, 5) is 17.7. The Labute approximate surface area is 185 Å². The molecule has 0 spiro atoms. The fourth-order valence-corrected chi connectivity index (χ4v) is 3.35. The van der Waals surface area contributed by atoms with Gasteiger partial charge < -0.3 is 30.7 Å². The Morgan fingerprint density at radius 3 is 2.72 bits per heavy atom. The fourth-order valence-electron chi connectivity index (χ4n) is 3.35. The Kier molecular flexibility index (Phi) is 7.66. The van der Waals surface area contributed by atoms with Crippen molar-refractivity contribution in [2.24, 2.45) is 0 Å². The molecule has 11 heteroatoms. The summed E-state index contributed by atoms with van der Waals surface area (Å²) >= 11 is 0. The highest BCUT2D eigenvalue weighted by atomic mass is 16.6. The second-order valence-corrected chi connectivity index (χ2v) is 7.67. The molecule has 1 aliphatic rings. The van der Waals surface area contributed by atoms with Crippen molar-refractivity contribution in [2.45, 2.75) is 45.3 Å². The van der Waals surface area contributed by atoms with Gasteiger partial charge in [0.25, 0.3) is 0 Å². The lowest BCUT2D eigenvalue weighted by Crippen LogP contribution is -2.37. The average Bonchev–Trinajstić information content (AvgIpc) is 3.18. The summed E-state index contributed by atoms with van der Waals surface area (Å²) in [6.45, 7) is 6.46. The lowest BCUT2D eigenvalue weighted by atomic mass is 10.1. The number of nitrogens with one attached hydrogen (secondary N) is 2. The van der Waals surface area contributed by atoms with Gasteiger partial charge in [-0.2, -0.15) is 19.6 Å². The molecular weight excluding hydrogens is 416 g/mol. The van der Waals surface area contributed by atoms with E-state index in [4.69, 9.17) is 19.7 Å². The number of hydrogen-bond donors (Lipinski definition) is 5. The molecule has 0 radical (unpaired) electrons. The topological polar surface area (TPSA) is 154 Å². The highest BCUT2D eigenvalue weighted by molar-refractivity contribution is 5.53. The molecule has 1 saturated heterocycles. The van der Waals surface area contributed by atoms with Gasteiger partial charge in [0.05, 0.1) is 6.20 Å². The van der Waals surface area contributed by atoms with E-state index in [9.17, 15) is 5.11 Å². The zero-order chi connectivity index (χ0) is 23.1. The molecule has 1 atom stereocenters. The molecule has 0 aliphatic carbocycles. The van der Waals surface area contributed by atoms with E-state index >= 15 is 0 Å². The normalized spacial score (nSPS) is 15.8. The van der Waals surface area contributed by atoms with Crippen molar-refractivity contribution in [2.75, 3.05) is 18.4 Å². The maximum Gasteiger partial charge on any atom is 0.503 e. The number of carbonyl (C=O) groups is 1. The van der Waals surface area contributed by atoms with E-state index in [1.807, 2.05) is 18.3 Å². The van der Waals surface area contributed by atoms with E-state index in [2.05, 4.69) is 39.5 Å². The van der Waals surface area contributed by atoms with Crippen LogP contribution in [0.5, 0.6) is 11.8 Å². The summed E-state index contributed by atoms with van der Waals surface area (Å²) in [5.74, 6) is 1.06. The number of carboxylic acid groups (broad SMARTS) is 2. The van der Waals surface area contributed by atoms with Crippen molar-refractivity contribution >= 4 is 17.8 Å². The first kappa shape index (κ1) is 23.1. The average molecular weight is 444 g/mol. The SMILES string of the molecule is CC(C)c1cnn2c(NCc3ccccc3O)nc(O[C@@H]3CCCNC3)nc12.O=C(O)O. The molecule has 1 aliphatic heterocycles. The summed E-state index contributed by atoms with van der Waals surface area (Å²) < 4.78 is 7.76. The number of rotatable bonds is 6. The minimum atomic E-state index is -1.83. The third-order valence-electron chi connectivity index (χ3n) is 4.95. The molecule has 0 bridgehead atoms. The molecule has 3 heterocycles. The minimum Gasteiger partial charge on any atom is -0.508 e. The Morgan fingerprint density at radius 1 is 1.31 bits per heavy atom. The van der Waals surface area contributed by atoms with E-state index in [1.165, 1.54) is 0 Å². The van der Waals surface area contributed by atoms with Crippen molar-refractivity contribution in [3.05, 3.63) is 41.6 Å². The number of fused-ring (bicyclic) bond motifs is 1. The third kappa shape index (κ3) is 5.97. The number of nitrogens with zero attached hydrogens (tertiary/aromatic N) is 4. The molecule has 3 aromatic rings. The van der Waals surface area contributed by atoms with Crippen LogP contribution in [0, 0.1) is 0 Å². The van der Waals surface area contributed by atoms with Crippen LogP contribution in [0.25, 0.3) is 5.65 Å². The first-order chi connectivity index (χ1) is 15.3. The molecule has 32 heavy (non-hydrogen) atoms. The van der Waals surface area contributed by atoms with Crippen LogP contribution in [0.15, 0.2) is 30.5 Å². The van der Waals surface area contributed by atoms with Crippen LogP contribution in [0.3, 0.4) is 0 Å². The molecule has 0 saturated carbocycles. The molecule has 2 aromatic heterocycles. The predicted molar refractivity (Wildman–Crippen MR) is 117 cm³/mol. The van der Waals surface area contributed by atoms with Gasteiger partial charge >= 0.3 is 12.2 Å². The zero-order valence-electron chi connectivity index (χ0n) is 18.0. The van der Waals surface area contributed by atoms with Gasteiger partial charge in [-0.25, -0.2) is 4.79 Å². The first-order valence-electron chi connectivity index (χ1n) is 10.4. The maximum absolute atomic E-state index is 10.0. The van der Waals surface area contributed by atoms with Crippen LogP contribution in [0.2, 0.25) is 0 Å². The van der Waals surface area contributed by atoms with Crippen molar-refractivity contribution < 1.29 is 24.9 Å². The number of anilines is 1. The van der Waals surface area contributed by atoms with E-state index in [0.29, 0.717) is 18.5 Å². The van der Waals surface area contributed by atoms with Gasteiger partial charge in [0.15, 0.2) is 5.65 Å². The van der Waals surface area contributed by atoms with Crippen molar-refractivity contribution in [3.63, 3.8) is 0 Å². The highest BCUT2D eigenvalue weighted by Gasteiger charge is 2.20. The van der Waals surface area contributed by atoms with Gasteiger partial charge in [0.1, 0.15) is 11.9 Å². The van der Waals surface area contributed by atoms with Crippen molar-refractivity contribution in [1.82, 2.24) is 24.9 Å². The van der Waals surface area contributed by atoms with Crippen molar-refractivity contribution in [1.29, 1.82) is 0 Å². The fraction of sp³-hybridized carbons (Fsp3) is 0.429. The number of para-hydroxylation sites is 1. The van der Waals surface area contributed by atoms with Gasteiger partial charge in [0, 0.05) is 24.2 Å². The third-order valence-corrected chi connectivity index (χ3v) is 4.95. The smallest absolute Gasteiger partial charge is 0.503 e. The Morgan fingerprint density at radius 2 is 2.06 bits per heavy atom. The Balaban J connectivity index is 0.000000668. The standard InChI is InChI=1S/C20H26N6O2.CH2O3/c1-13(2)16-12-23-26-18(16)24-20(28-15-7-5-9-21-11-15)25-19(26)22-10-14-6-3-4-8-17(14)27;2-1(3)4/h3-4,6,8,12-13,15,21,27H,5,7,9-11H2,1-2H3,(H,22,24,25);(H2,2,3,4)/t15-;/m1./s1. The lowest BCUT2D eigenvalue weighted by molar-refractivity contribution is 0.137. The summed E-state index contributed by atoms with van der Waals surface area (Å²) in [7, 11) is 0. The molecule has 1 aromatic carbocycles. The highest BCUT2D eigenvalue weighted by Crippen LogP contribution is 2.24. The molecule has 0 unspecified atom stereocenters. The predicted octanol–water partition coefficient (Wildman–Crippen LogP) is 2.92. The number of aromatic nitrogens is 4. The summed E-state index contributed by atoms with van der Waals surface area (Å²) in [5, 5.41) is 35.0. The Hall–Kier alpha value is -3.60. The second-order valence-electron chi connectivity index (χ2n) is 7.67. The Bertz CT molecular complexity index is 1040. The first-order valence-corrected chi connectivity index (χ1v) is 10.4. The molecule has 5 N–H and O–H groups in total. The second kappa shape index (κ2) is 10.6. The number of ether oxygens (including phenoxy) is 1. The van der Waals surface area contributed by atoms with Gasteiger partial charge in [-0.15, -0.1) is 0 Å². The van der Waals surface area contributed by atoms with Gasteiger partial charge in [-0.05, 0) is 31.4 Å². The number of hydrogen-bond acceptors (Lipinski definition) is 8. The van der Waals surface area contributed by atoms with Crippen LogP contribution < -0.4 is 15.4 Å². The van der Waals surface area contributed by atoms with E-state index in [-0.39, 0.29) is 17.8 Å². The lowest BCUT2D eigenvalue weighted by Gasteiger charge is -2.23. The molecule has 172 valence electrons. The van der Waals surface area contributed by atoms with Crippen LogP contribution >= 0.6 is 0 Å². The summed E-state index contributed by atoms with van der Waals surface area (Å²) in [6, 6.07) is 7.58. The summed E-state index contributed by atoms with van der Waals surface area (Å²) in [6.07, 6.45) is 2.12. The largest absolute Gasteiger partial charge is 0.508 e. The molecular formula is C21H28N6O5. The number of phenols is 1. The molecule has 0 amide bonds. The quantitative estimate of drug-likeness (QED) is 0.383. The number of piperidine rings is 1.